The van der Waals surface area contributed by atoms with Gasteiger partial charge in [0.2, 0.25) is 0 Å². The normalized spacial score (nSPS) is 15.1. The van der Waals surface area contributed by atoms with Gasteiger partial charge in [0.25, 0.3) is 0 Å². The summed E-state index contributed by atoms with van der Waals surface area (Å²) in [6, 6.07) is 62.7. The molecule has 2 heterocycles. The van der Waals surface area contributed by atoms with Crippen molar-refractivity contribution in [2.45, 2.75) is 5.41 Å². The first-order valence-electron chi connectivity index (χ1n) is 18.4. The van der Waals surface area contributed by atoms with E-state index in [4.69, 9.17) is 19.4 Å². The van der Waals surface area contributed by atoms with Gasteiger partial charge in [-0.25, -0.2) is 15.0 Å². The Balaban J connectivity index is 1.15. The molecular formula is C50H29N3O. The van der Waals surface area contributed by atoms with Crippen LogP contribution in [0.3, 0.4) is 0 Å². The molecular weight excluding hydrogens is 659 g/mol. The van der Waals surface area contributed by atoms with Gasteiger partial charge in [-0.05, 0) is 73.5 Å². The van der Waals surface area contributed by atoms with Crippen molar-refractivity contribution in [3.05, 3.63) is 198 Å². The lowest BCUT2D eigenvalue weighted by molar-refractivity contribution is 0.669. The van der Waals surface area contributed by atoms with E-state index in [0.29, 0.717) is 17.5 Å². The fourth-order valence-electron chi connectivity index (χ4n) is 9.33. The summed E-state index contributed by atoms with van der Waals surface area (Å²) in [5.74, 6) is 1.80. The summed E-state index contributed by atoms with van der Waals surface area (Å²) in [5, 5.41) is 4.66. The topological polar surface area (TPSA) is 51.8 Å². The Morgan fingerprint density at radius 1 is 0.370 bits per heavy atom. The van der Waals surface area contributed by atoms with Crippen molar-refractivity contribution >= 4 is 32.7 Å². The molecule has 0 radical (unpaired) electrons. The van der Waals surface area contributed by atoms with Crippen molar-refractivity contribution < 1.29 is 4.42 Å². The minimum atomic E-state index is -0.537. The van der Waals surface area contributed by atoms with Crippen LogP contribution in [0, 0.1) is 0 Å². The highest BCUT2D eigenvalue weighted by Crippen LogP contribution is 2.62. The van der Waals surface area contributed by atoms with Gasteiger partial charge < -0.3 is 4.42 Å². The van der Waals surface area contributed by atoms with E-state index in [9.17, 15) is 0 Å². The van der Waals surface area contributed by atoms with Crippen molar-refractivity contribution in [3.8, 4) is 56.4 Å². The fourth-order valence-corrected chi connectivity index (χ4v) is 9.33. The van der Waals surface area contributed by atoms with E-state index in [1.54, 1.807) is 0 Å². The Hall–Kier alpha value is -7.17. The molecule has 0 saturated heterocycles. The second-order valence-corrected chi connectivity index (χ2v) is 14.3. The average molecular weight is 688 g/mol. The number of furan rings is 1. The van der Waals surface area contributed by atoms with E-state index in [-0.39, 0.29) is 0 Å². The summed E-state index contributed by atoms with van der Waals surface area (Å²) in [4.78, 5) is 15.6. The van der Waals surface area contributed by atoms with Gasteiger partial charge in [0.1, 0.15) is 11.2 Å². The maximum atomic E-state index is 6.49. The molecule has 8 aromatic carbocycles. The van der Waals surface area contributed by atoms with E-state index in [1.807, 2.05) is 42.5 Å². The highest BCUT2D eigenvalue weighted by Gasteiger charge is 2.50. The summed E-state index contributed by atoms with van der Waals surface area (Å²) in [6.07, 6.45) is 0. The lowest BCUT2D eigenvalue weighted by Crippen LogP contribution is -2.31. The molecule has 1 spiro atoms. The molecule has 12 rings (SSSR count). The number of rotatable bonds is 3. The molecule has 2 aliphatic carbocycles. The average Bonchev–Trinajstić information content (AvgIpc) is 3.77. The largest absolute Gasteiger partial charge is 0.455 e. The SMILES string of the molecule is c1ccc(-c2nc(-c3ccc4c(c3)C3(c5ccccc5-4)c4ccccc4-c4cccc5cccc3c45)nc(-c3cccc4c3oc3ccccc34)n2)cc1. The molecule has 10 aromatic rings. The number of fused-ring (bicyclic) bond motifs is 12. The number of para-hydroxylation sites is 2. The molecule has 2 aliphatic rings. The number of benzene rings is 8. The van der Waals surface area contributed by atoms with Crippen LogP contribution in [-0.2, 0) is 5.41 Å². The monoisotopic (exact) mass is 687 g/mol. The lowest BCUT2D eigenvalue weighted by atomic mass is 9.61. The van der Waals surface area contributed by atoms with Crippen LogP contribution in [0.25, 0.3) is 89.1 Å². The van der Waals surface area contributed by atoms with Crippen LogP contribution in [0.15, 0.2) is 180 Å². The number of hydrogen-bond acceptors (Lipinski definition) is 4. The predicted molar refractivity (Wildman–Crippen MR) is 217 cm³/mol. The minimum Gasteiger partial charge on any atom is -0.455 e. The van der Waals surface area contributed by atoms with Crippen molar-refractivity contribution in [1.29, 1.82) is 0 Å². The zero-order chi connectivity index (χ0) is 35.4. The molecule has 0 fully saturated rings. The summed E-state index contributed by atoms with van der Waals surface area (Å²) in [7, 11) is 0. The standard InChI is InChI=1S/C50H29N3O/c1-2-13-31(14-3-1)47-51-48(53-49(52-47)39-22-12-21-38-36-19-6-9-26-44(36)54-46(38)39)32-27-28-35-33-17-4-7-23-40(33)50(43(35)29-32)41-24-8-5-18-34(41)37-20-10-15-30-16-11-25-42(50)45(30)37/h1-29H. The molecule has 0 bridgehead atoms. The highest BCUT2D eigenvalue weighted by atomic mass is 16.3. The van der Waals surface area contributed by atoms with Crippen LogP contribution in [0.2, 0.25) is 0 Å². The van der Waals surface area contributed by atoms with Gasteiger partial charge in [-0.15, -0.1) is 0 Å². The third-order valence-corrected chi connectivity index (χ3v) is 11.5. The van der Waals surface area contributed by atoms with Crippen LogP contribution in [0.5, 0.6) is 0 Å². The van der Waals surface area contributed by atoms with Crippen LogP contribution < -0.4 is 0 Å². The van der Waals surface area contributed by atoms with Gasteiger partial charge in [0, 0.05) is 21.9 Å². The molecule has 0 aliphatic heterocycles. The quantitative estimate of drug-likeness (QED) is 0.185. The fraction of sp³-hybridized carbons (Fsp3) is 0.0200. The van der Waals surface area contributed by atoms with Gasteiger partial charge in [-0.1, -0.05) is 158 Å². The smallest absolute Gasteiger partial charge is 0.167 e. The van der Waals surface area contributed by atoms with E-state index in [1.165, 1.54) is 55.3 Å². The Kier molecular flexibility index (Phi) is 5.95. The highest BCUT2D eigenvalue weighted by molar-refractivity contribution is 6.09. The number of nitrogens with zero attached hydrogens (tertiary/aromatic N) is 3. The van der Waals surface area contributed by atoms with Gasteiger partial charge in [-0.2, -0.15) is 0 Å². The molecule has 250 valence electrons. The zero-order valence-electron chi connectivity index (χ0n) is 29.0. The van der Waals surface area contributed by atoms with Crippen LogP contribution in [0.1, 0.15) is 22.3 Å². The molecule has 4 heteroatoms. The second kappa shape index (κ2) is 10.9. The van der Waals surface area contributed by atoms with Crippen molar-refractivity contribution in [2.24, 2.45) is 0 Å². The summed E-state index contributed by atoms with van der Waals surface area (Å²) in [5.41, 5.74) is 13.9. The molecule has 0 saturated carbocycles. The summed E-state index contributed by atoms with van der Waals surface area (Å²) >= 11 is 0. The van der Waals surface area contributed by atoms with Crippen LogP contribution in [-0.4, -0.2) is 15.0 Å². The Morgan fingerprint density at radius 2 is 0.944 bits per heavy atom. The third kappa shape index (κ3) is 3.89. The van der Waals surface area contributed by atoms with E-state index < -0.39 is 5.41 Å². The van der Waals surface area contributed by atoms with Gasteiger partial charge >= 0.3 is 0 Å². The molecule has 4 nitrogen and oxygen atoms in total. The lowest BCUT2D eigenvalue weighted by Gasteiger charge is -2.40. The molecule has 54 heavy (non-hydrogen) atoms. The summed E-state index contributed by atoms with van der Waals surface area (Å²) in [6.45, 7) is 0. The molecule has 1 atom stereocenters. The van der Waals surface area contributed by atoms with E-state index in [2.05, 4.69) is 133 Å². The predicted octanol–water partition coefficient (Wildman–Crippen LogP) is 12.3. The first-order chi connectivity index (χ1) is 26.8. The third-order valence-electron chi connectivity index (χ3n) is 11.5. The molecule has 1 unspecified atom stereocenters. The Bertz CT molecular complexity index is 3170. The van der Waals surface area contributed by atoms with Crippen LogP contribution in [0.4, 0.5) is 0 Å². The second-order valence-electron chi connectivity index (χ2n) is 14.3. The minimum absolute atomic E-state index is 0.537. The van der Waals surface area contributed by atoms with Gasteiger partial charge in [0.05, 0.1) is 11.0 Å². The molecule has 2 aromatic heterocycles. The number of aromatic nitrogens is 3. The molecule has 0 amide bonds. The van der Waals surface area contributed by atoms with Gasteiger partial charge in [-0.3, -0.25) is 0 Å². The van der Waals surface area contributed by atoms with E-state index >= 15 is 0 Å². The van der Waals surface area contributed by atoms with Crippen molar-refractivity contribution in [3.63, 3.8) is 0 Å². The summed E-state index contributed by atoms with van der Waals surface area (Å²) < 4.78 is 6.49. The first kappa shape index (κ1) is 29.4. The maximum absolute atomic E-state index is 6.49. The van der Waals surface area contributed by atoms with Gasteiger partial charge in [0.15, 0.2) is 17.5 Å². The Morgan fingerprint density at radius 3 is 1.78 bits per heavy atom. The zero-order valence-corrected chi connectivity index (χ0v) is 29.0. The Labute approximate surface area is 311 Å². The van der Waals surface area contributed by atoms with Crippen molar-refractivity contribution in [2.75, 3.05) is 0 Å². The molecule has 0 N–H and O–H groups in total. The van der Waals surface area contributed by atoms with Crippen LogP contribution >= 0.6 is 0 Å². The maximum Gasteiger partial charge on any atom is 0.167 e. The van der Waals surface area contributed by atoms with E-state index in [0.717, 1.165) is 38.6 Å². The first-order valence-corrected chi connectivity index (χ1v) is 18.4. The number of hydrogen-bond donors (Lipinski definition) is 0. The van der Waals surface area contributed by atoms with Crippen molar-refractivity contribution in [1.82, 2.24) is 15.0 Å².